The van der Waals surface area contributed by atoms with Crippen molar-refractivity contribution in [2.45, 2.75) is 52.4 Å². The molecule has 3 nitrogen and oxygen atoms in total. The zero-order chi connectivity index (χ0) is 17.6. The number of aromatic hydroxyl groups is 1. The Labute approximate surface area is 146 Å². The molecule has 0 unspecified atom stereocenters. The van der Waals surface area contributed by atoms with E-state index in [2.05, 4.69) is 13.8 Å². The number of hydrogen-bond donors (Lipinski definition) is 1. The standard InChI is InChI=1S/C11H23NO.C10H8O/c1-3-5-7-9-12(11-13)10-8-6-4-2;11-10-6-5-8-3-1-2-4-9(8)7-10/h11H,3-10H2,1-2H3;1-7,11H. The second kappa shape index (κ2) is 12.4. The Kier molecular flexibility index (Phi) is 10.3. The lowest BCUT2D eigenvalue weighted by molar-refractivity contribution is -0.118. The SMILES string of the molecule is CCCCCN(C=O)CCCCC.Oc1ccc2ccccc2c1. The summed E-state index contributed by atoms with van der Waals surface area (Å²) in [6, 6.07) is 13.3. The number of phenols is 1. The summed E-state index contributed by atoms with van der Waals surface area (Å²) in [5.74, 6) is 0.323. The number of unbranched alkanes of at least 4 members (excludes halogenated alkanes) is 4. The highest BCUT2D eigenvalue weighted by Gasteiger charge is 1.99. The molecule has 132 valence electrons. The summed E-state index contributed by atoms with van der Waals surface area (Å²) in [5.41, 5.74) is 0. The minimum Gasteiger partial charge on any atom is -0.508 e. The maximum atomic E-state index is 10.6. The number of carbonyl (C=O) groups excluding carboxylic acids is 1. The number of phenolic OH excluding ortho intramolecular Hbond substituents is 1. The molecule has 0 fully saturated rings. The van der Waals surface area contributed by atoms with Crippen LogP contribution in [0.5, 0.6) is 5.75 Å². The van der Waals surface area contributed by atoms with Gasteiger partial charge < -0.3 is 10.0 Å². The summed E-state index contributed by atoms with van der Waals surface area (Å²) >= 11 is 0. The molecule has 2 aromatic carbocycles. The van der Waals surface area contributed by atoms with Crippen molar-refractivity contribution in [2.24, 2.45) is 0 Å². The van der Waals surface area contributed by atoms with Gasteiger partial charge in [-0.25, -0.2) is 0 Å². The van der Waals surface area contributed by atoms with Gasteiger partial charge in [0.15, 0.2) is 0 Å². The second-order valence-electron chi connectivity index (χ2n) is 6.09. The van der Waals surface area contributed by atoms with Crippen molar-refractivity contribution >= 4 is 17.2 Å². The van der Waals surface area contributed by atoms with Crippen molar-refractivity contribution in [2.75, 3.05) is 13.1 Å². The molecule has 0 aliphatic rings. The van der Waals surface area contributed by atoms with E-state index in [1.165, 1.54) is 25.7 Å². The van der Waals surface area contributed by atoms with Gasteiger partial charge in [-0.2, -0.15) is 0 Å². The minimum atomic E-state index is 0.323. The lowest BCUT2D eigenvalue weighted by atomic mass is 10.1. The number of amides is 1. The predicted octanol–water partition coefficient (Wildman–Crippen LogP) is 5.37. The van der Waals surface area contributed by atoms with Crippen LogP contribution in [0.3, 0.4) is 0 Å². The van der Waals surface area contributed by atoms with Crippen molar-refractivity contribution < 1.29 is 9.90 Å². The van der Waals surface area contributed by atoms with Crippen LogP contribution in [0, 0.1) is 0 Å². The number of carbonyl (C=O) groups is 1. The molecule has 0 aliphatic heterocycles. The van der Waals surface area contributed by atoms with E-state index in [9.17, 15) is 4.79 Å². The second-order valence-corrected chi connectivity index (χ2v) is 6.09. The van der Waals surface area contributed by atoms with E-state index in [0.29, 0.717) is 5.75 Å². The Morgan fingerprint density at radius 1 is 0.875 bits per heavy atom. The fraction of sp³-hybridized carbons (Fsp3) is 0.476. The summed E-state index contributed by atoms with van der Waals surface area (Å²) < 4.78 is 0. The molecule has 0 heterocycles. The minimum absolute atomic E-state index is 0.323. The molecule has 0 aliphatic carbocycles. The first-order valence-corrected chi connectivity index (χ1v) is 9.08. The first-order valence-electron chi connectivity index (χ1n) is 9.08. The molecule has 1 amide bonds. The predicted molar refractivity (Wildman–Crippen MR) is 102 cm³/mol. The number of benzene rings is 2. The van der Waals surface area contributed by atoms with Crippen molar-refractivity contribution in [3.63, 3.8) is 0 Å². The summed E-state index contributed by atoms with van der Waals surface area (Å²) in [6.45, 7) is 6.26. The molecular weight excluding hydrogens is 298 g/mol. The van der Waals surface area contributed by atoms with Crippen molar-refractivity contribution in [1.82, 2.24) is 4.90 Å². The topological polar surface area (TPSA) is 40.5 Å². The number of rotatable bonds is 9. The van der Waals surface area contributed by atoms with Crippen molar-refractivity contribution in [1.29, 1.82) is 0 Å². The van der Waals surface area contributed by atoms with Crippen LogP contribution >= 0.6 is 0 Å². The third-order valence-electron chi connectivity index (χ3n) is 3.98. The van der Waals surface area contributed by atoms with Crippen LogP contribution in [0.25, 0.3) is 10.8 Å². The highest BCUT2D eigenvalue weighted by Crippen LogP contribution is 2.18. The van der Waals surface area contributed by atoms with Gasteiger partial charge in [0.25, 0.3) is 0 Å². The van der Waals surface area contributed by atoms with Crippen LogP contribution in [-0.2, 0) is 4.79 Å². The van der Waals surface area contributed by atoms with Gasteiger partial charge >= 0.3 is 0 Å². The normalized spacial score (nSPS) is 10.1. The molecule has 0 saturated heterocycles. The Bertz CT molecular complexity index is 573. The fourth-order valence-electron chi connectivity index (χ4n) is 2.52. The molecule has 0 bridgehead atoms. The average Bonchev–Trinajstić information content (AvgIpc) is 2.61. The van der Waals surface area contributed by atoms with E-state index in [1.54, 1.807) is 12.1 Å². The van der Waals surface area contributed by atoms with Gasteiger partial charge in [-0.3, -0.25) is 4.79 Å². The maximum Gasteiger partial charge on any atom is 0.209 e. The zero-order valence-electron chi connectivity index (χ0n) is 15.1. The smallest absolute Gasteiger partial charge is 0.209 e. The lowest BCUT2D eigenvalue weighted by Gasteiger charge is -2.16. The summed E-state index contributed by atoms with van der Waals surface area (Å²) in [6.07, 6.45) is 8.22. The van der Waals surface area contributed by atoms with E-state index in [4.69, 9.17) is 5.11 Å². The molecule has 0 saturated carbocycles. The first-order chi connectivity index (χ1) is 11.7. The van der Waals surface area contributed by atoms with E-state index in [0.717, 1.165) is 43.1 Å². The lowest BCUT2D eigenvalue weighted by Crippen LogP contribution is -2.24. The molecule has 3 heteroatoms. The van der Waals surface area contributed by atoms with Crippen LogP contribution in [-0.4, -0.2) is 29.5 Å². The zero-order valence-corrected chi connectivity index (χ0v) is 15.1. The van der Waals surface area contributed by atoms with Gasteiger partial charge in [0.2, 0.25) is 6.41 Å². The van der Waals surface area contributed by atoms with Crippen LogP contribution in [0.1, 0.15) is 52.4 Å². The molecular formula is C21H31NO2. The maximum absolute atomic E-state index is 10.6. The van der Waals surface area contributed by atoms with E-state index < -0.39 is 0 Å². The van der Waals surface area contributed by atoms with Crippen LogP contribution in [0.2, 0.25) is 0 Å². The molecule has 2 rings (SSSR count). The monoisotopic (exact) mass is 329 g/mol. The van der Waals surface area contributed by atoms with Crippen LogP contribution in [0.4, 0.5) is 0 Å². The Hall–Kier alpha value is -2.03. The summed E-state index contributed by atoms with van der Waals surface area (Å²) in [7, 11) is 0. The first kappa shape index (κ1) is 20.0. The van der Waals surface area contributed by atoms with Gasteiger partial charge in [0, 0.05) is 13.1 Å². The van der Waals surface area contributed by atoms with E-state index in [-0.39, 0.29) is 0 Å². The molecule has 1 N–H and O–H groups in total. The highest BCUT2D eigenvalue weighted by atomic mass is 16.3. The van der Waals surface area contributed by atoms with Crippen LogP contribution in [0.15, 0.2) is 42.5 Å². The van der Waals surface area contributed by atoms with E-state index in [1.807, 2.05) is 35.2 Å². The number of hydrogen-bond acceptors (Lipinski definition) is 2. The third-order valence-corrected chi connectivity index (χ3v) is 3.98. The Morgan fingerprint density at radius 2 is 1.46 bits per heavy atom. The molecule has 0 radical (unpaired) electrons. The molecule has 2 aromatic rings. The largest absolute Gasteiger partial charge is 0.508 e. The van der Waals surface area contributed by atoms with Gasteiger partial charge in [-0.1, -0.05) is 69.9 Å². The highest BCUT2D eigenvalue weighted by molar-refractivity contribution is 5.83. The van der Waals surface area contributed by atoms with Gasteiger partial charge in [-0.15, -0.1) is 0 Å². The van der Waals surface area contributed by atoms with Crippen molar-refractivity contribution in [3.05, 3.63) is 42.5 Å². The summed E-state index contributed by atoms with van der Waals surface area (Å²) in [4.78, 5) is 12.5. The molecule has 24 heavy (non-hydrogen) atoms. The molecule has 0 aromatic heterocycles. The quantitative estimate of drug-likeness (QED) is 0.496. The van der Waals surface area contributed by atoms with E-state index >= 15 is 0 Å². The van der Waals surface area contributed by atoms with Gasteiger partial charge in [0.1, 0.15) is 5.75 Å². The van der Waals surface area contributed by atoms with Crippen molar-refractivity contribution in [3.8, 4) is 5.75 Å². The molecule has 0 spiro atoms. The van der Waals surface area contributed by atoms with Gasteiger partial charge in [0.05, 0.1) is 0 Å². The average molecular weight is 329 g/mol. The number of nitrogens with zero attached hydrogens (tertiary/aromatic N) is 1. The fourth-order valence-corrected chi connectivity index (χ4v) is 2.52. The molecule has 0 atom stereocenters. The Balaban J connectivity index is 0.000000242. The van der Waals surface area contributed by atoms with Crippen LogP contribution < -0.4 is 0 Å². The Morgan fingerprint density at radius 3 is 2.00 bits per heavy atom. The number of fused-ring (bicyclic) bond motifs is 1. The summed E-state index contributed by atoms with van der Waals surface area (Å²) in [5, 5.41) is 11.4. The van der Waals surface area contributed by atoms with Gasteiger partial charge in [-0.05, 0) is 35.7 Å². The third kappa shape index (κ3) is 8.00.